The molecular formula is C13H17N3O2. The lowest BCUT2D eigenvalue weighted by Gasteiger charge is -2.06. The summed E-state index contributed by atoms with van der Waals surface area (Å²) < 4.78 is 6.62. The third-order valence-corrected chi connectivity index (χ3v) is 2.81. The number of imidazole rings is 1. The molecule has 0 radical (unpaired) electrons. The summed E-state index contributed by atoms with van der Waals surface area (Å²) in [5, 5.41) is 2.67. The van der Waals surface area contributed by atoms with Gasteiger partial charge in [-0.1, -0.05) is 19.4 Å². The molecule has 2 aromatic rings. The number of pyridine rings is 1. The first kappa shape index (κ1) is 12.4. The Morgan fingerprint density at radius 3 is 3.11 bits per heavy atom. The molecule has 0 spiro atoms. The van der Waals surface area contributed by atoms with Crippen LogP contribution in [0, 0.1) is 0 Å². The number of rotatable bonds is 4. The summed E-state index contributed by atoms with van der Waals surface area (Å²) in [6.45, 7) is 2.56. The van der Waals surface area contributed by atoms with E-state index in [1.165, 1.54) is 12.8 Å². The van der Waals surface area contributed by atoms with Crippen molar-refractivity contribution in [3.63, 3.8) is 0 Å². The van der Waals surface area contributed by atoms with E-state index in [9.17, 15) is 4.79 Å². The maximum atomic E-state index is 11.1. The fourth-order valence-corrected chi connectivity index (χ4v) is 1.94. The number of hydrogen-bond acceptors (Lipinski definition) is 3. The van der Waals surface area contributed by atoms with Crippen molar-refractivity contribution in [2.24, 2.45) is 0 Å². The van der Waals surface area contributed by atoms with E-state index in [1.807, 2.05) is 24.5 Å². The quantitative estimate of drug-likeness (QED) is 0.900. The Morgan fingerprint density at radius 1 is 1.56 bits per heavy atom. The summed E-state index contributed by atoms with van der Waals surface area (Å²) in [7, 11) is 1.35. The highest BCUT2D eigenvalue weighted by Gasteiger charge is 2.07. The van der Waals surface area contributed by atoms with E-state index >= 15 is 0 Å². The largest absolute Gasteiger partial charge is 0.453 e. The van der Waals surface area contributed by atoms with Gasteiger partial charge in [0.15, 0.2) is 0 Å². The number of fused-ring (bicyclic) bond motifs is 1. The number of aryl methyl sites for hydroxylation is 1. The minimum Gasteiger partial charge on any atom is -0.453 e. The molecule has 0 saturated carbocycles. The zero-order valence-electron chi connectivity index (χ0n) is 10.6. The maximum absolute atomic E-state index is 11.1. The molecule has 2 heterocycles. The van der Waals surface area contributed by atoms with Crippen molar-refractivity contribution in [2.75, 3.05) is 7.11 Å². The van der Waals surface area contributed by atoms with E-state index in [0.717, 1.165) is 24.1 Å². The van der Waals surface area contributed by atoms with Crippen LogP contribution >= 0.6 is 0 Å². The smallest absolute Gasteiger partial charge is 0.407 e. The highest BCUT2D eigenvalue weighted by Crippen LogP contribution is 2.13. The third kappa shape index (κ3) is 2.45. The number of carbonyl (C=O) groups is 1. The summed E-state index contributed by atoms with van der Waals surface area (Å²) in [6, 6.07) is 3.91. The molecule has 0 aliphatic rings. The van der Waals surface area contributed by atoms with Gasteiger partial charge in [-0.15, -0.1) is 0 Å². The second-order valence-corrected chi connectivity index (χ2v) is 4.07. The number of nitrogens with zero attached hydrogens (tertiary/aromatic N) is 2. The Kier molecular flexibility index (Phi) is 3.82. The van der Waals surface area contributed by atoms with Crippen LogP contribution in [0.4, 0.5) is 4.79 Å². The Balaban J connectivity index is 2.26. The maximum Gasteiger partial charge on any atom is 0.407 e. The molecule has 96 valence electrons. The van der Waals surface area contributed by atoms with Crippen LogP contribution in [0.15, 0.2) is 24.5 Å². The van der Waals surface area contributed by atoms with E-state index in [-0.39, 0.29) is 0 Å². The molecule has 5 heteroatoms. The Morgan fingerprint density at radius 2 is 2.39 bits per heavy atom. The van der Waals surface area contributed by atoms with Crippen LogP contribution in [0.5, 0.6) is 0 Å². The molecule has 0 aromatic carbocycles. The van der Waals surface area contributed by atoms with Gasteiger partial charge < -0.3 is 14.5 Å². The van der Waals surface area contributed by atoms with Crippen LogP contribution in [0.25, 0.3) is 5.65 Å². The first-order valence-corrected chi connectivity index (χ1v) is 6.02. The summed E-state index contributed by atoms with van der Waals surface area (Å²) >= 11 is 0. The van der Waals surface area contributed by atoms with Gasteiger partial charge in [0, 0.05) is 30.2 Å². The van der Waals surface area contributed by atoms with Crippen LogP contribution < -0.4 is 5.32 Å². The van der Waals surface area contributed by atoms with Crippen molar-refractivity contribution in [2.45, 2.75) is 26.3 Å². The van der Waals surface area contributed by atoms with Gasteiger partial charge in [0.05, 0.1) is 7.11 Å². The van der Waals surface area contributed by atoms with Gasteiger partial charge in [0.2, 0.25) is 0 Å². The molecule has 0 unspecified atom stereocenters. The first-order valence-electron chi connectivity index (χ1n) is 6.02. The van der Waals surface area contributed by atoms with E-state index in [1.54, 1.807) is 0 Å². The lowest BCUT2D eigenvalue weighted by Crippen LogP contribution is -2.22. The molecule has 0 bridgehead atoms. The lowest BCUT2D eigenvalue weighted by atomic mass is 10.2. The number of hydrogen-bond donors (Lipinski definition) is 1. The molecule has 5 nitrogen and oxygen atoms in total. The van der Waals surface area contributed by atoms with E-state index < -0.39 is 6.09 Å². The second-order valence-electron chi connectivity index (χ2n) is 4.07. The summed E-state index contributed by atoms with van der Waals surface area (Å²) in [4.78, 5) is 15.5. The molecule has 2 rings (SSSR count). The molecular weight excluding hydrogens is 230 g/mol. The molecule has 0 saturated heterocycles. The number of amides is 1. The fraction of sp³-hybridized carbons (Fsp3) is 0.385. The first-order chi connectivity index (χ1) is 8.76. The van der Waals surface area contributed by atoms with Crippen molar-refractivity contribution >= 4 is 11.7 Å². The van der Waals surface area contributed by atoms with Crippen LogP contribution in [0.1, 0.15) is 24.6 Å². The normalized spacial score (nSPS) is 10.6. The third-order valence-electron chi connectivity index (χ3n) is 2.81. The molecule has 2 aromatic heterocycles. The average Bonchev–Trinajstić information content (AvgIpc) is 2.80. The standard InChI is InChI=1S/C13H17N3O2/c1-3-5-11-9-14-12-10(6-4-7-16(11)12)8-15-13(17)18-2/h4,6-7,9H,3,5,8H2,1-2H3,(H,15,17). The molecule has 0 atom stereocenters. The van der Waals surface area contributed by atoms with Gasteiger partial charge in [-0.2, -0.15) is 0 Å². The Hall–Kier alpha value is -2.04. The number of carbonyl (C=O) groups excluding carboxylic acids is 1. The predicted molar refractivity (Wildman–Crippen MR) is 68.4 cm³/mol. The Labute approximate surface area is 106 Å². The van der Waals surface area contributed by atoms with Crippen molar-refractivity contribution in [1.29, 1.82) is 0 Å². The van der Waals surface area contributed by atoms with Crippen molar-refractivity contribution < 1.29 is 9.53 Å². The monoisotopic (exact) mass is 247 g/mol. The van der Waals surface area contributed by atoms with Crippen molar-refractivity contribution in [3.8, 4) is 0 Å². The van der Waals surface area contributed by atoms with Crippen LogP contribution in [0.3, 0.4) is 0 Å². The lowest BCUT2D eigenvalue weighted by molar-refractivity contribution is 0.170. The molecule has 1 N–H and O–H groups in total. The summed E-state index contributed by atoms with van der Waals surface area (Å²) in [5.74, 6) is 0. The van der Waals surface area contributed by atoms with Gasteiger partial charge in [-0.25, -0.2) is 9.78 Å². The van der Waals surface area contributed by atoms with Gasteiger partial charge in [0.1, 0.15) is 5.65 Å². The van der Waals surface area contributed by atoms with Crippen LogP contribution in [0.2, 0.25) is 0 Å². The number of ether oxygens (including phenoxy) is 1. The SMILES string of the molecule is CCCc1cnc2c(CNC(=O)OC)cccn12. The molecule has 0 aliphatic carbocycles. The molecule has 1 amide bonds. The van der Waals surface area contributed by atoms with Crippen molar-refractivity contribution in [3.05, 3.63) is 35.8 Å². The zero-order chi connectivity index (χ0) is 13.0. The minimum absolute atomic E-state index is 0.416. The number of alkyl carbamates (subject to hydrolysis) is 1. The minimum atomic E-state index is -0.433. The van der Waals surface area contributed by atoms with Crippen LogP contribution in [-0.2, 0) is 17.7 Å². The topological polar surface area (TPSA) is 55.6 Å². The highest BCUT2D eigenvalue weighted by atomic mass is 16.5. The summed E-state index contributed by atoms with van der Waals surface area (Å²) in [6.07, 6.45) is 5.53. The summed E-state index contributed by atoms with van der Waals surface area (Å²) in [5.41, 5.74) is 3.05. The molecule has 18 heavy (non-hydrogen) atoms. The van der Waals surface area contributed by atoms with Crippen molar-refractivity contribution in [1.82, 2.24) is 14.7 Å². The average molecular weight is 247 g/mol. The van der Waals surface area contributed by atoms with Gasteiger partial charge in [-0.05, 0) is 12.5 Å². The van der Waals surface area contributed by atoms with Gasteiger partial charge in [-0.3, -0.25) is 0 Å². The highest BCUT2D eigenvalue weighted by molar-refractivity contribution is 5.67. The van der Waals surface area contributed by atoms with E-state index in [4.69, 9.17) is 0 Å². The van der Waals surface area contributed by atoms with Crippen LogP contribution in [-0.4, -0.2) is 22.6 Å². The Bertz CT molecular complexity index is 548. The van der Waals surface area contributed by atoms with E-state index in [0.29, 0.717) is 6.54 Å². The molecule has 0 aliphatic heterocycles. The number of aromatic nitrogens is 2. The zero-order valence-corrected chi connectivity index (χ0v) is 10.6. The second kappa shape index (κ2) is 5.53. The predicted octanol–water partition coefficient (Wildman–Crippen LogP) is 2.14. The number of methoxy groups -OCH3 is 1. The van der Waals surface area contributed by atoms with Gasteiger partial charge in [0.25, 0.3) is 0 Å². The van der Waals surface area contributed by atoms with Gasteiger partial charge >= 0.3 is 6.09 Å². The number of nitrogens with one attached hydrogen (secondary N) is 1. The van der Waals surface area contributed by atoms with E-state index in [2.05, 4.69) is 26.4 Å². The molecule has 0 fully saturated rings. The fourth-order valence-electron chi connectivity index (χ4n) is 1.94.